The molecule has 39 heavy (non-hydrogen) atoms. The Balaban J connectivity index is 1.25. The summed E-state index contributed by atoms with van der Waals surface area (Å²) in [6.07, 6.45) is 6.52. The highest BCUT2D eigenvalue weighted by Gasteiger charge is 2.20. The minimum absolute atomic E-state index is 0.00857. The van der Waals surface area contributed by atoms with Crippen molar-refractivity contribution < 1.29 is 13.6 Å². The van der Waals surface area contributed by atoms with Gasteiger partial charge in [-0.1, -0.05) is 12.1 Å². The van der Waals surface area contributed by atoms with E-state index >= 15 is 0 Å². The molecule has 1 amide bonds. The average molecular weight is 533 g/mol. The Labute approximate surface area is 224 Å². The first-order valence-corrected chi connectivity index (χ1v) is 13.0. The molecule has 0 bridgehead atoms. The first kappa shape index (κ1) is 26.4. The highest BCUT2D eigenvalue weighted by Crippen LogP contribution is 2.22. The van der Waals surface area contributed by atoms with Gasteiger partial charge in [-0.05, 0) is 80.4 Å². The number of rotatable bonds is 9. The van der Waals surface area contributed by atoms with Crippen molar-refractivity contribution >= 4 is 22.6 Å². The summed E-state index contributed by atoms with van der Waals surface area (Å²) in [4.78, 5) is 37.0. The summed E-state index contributed by atoms with van der Waals surface area (Å²) in [5.41, 5.74) is 1.48. The van der Waals surface area contributed by atoms with Gasteiger partial charge in [-0.3, -0.25) is 9.59 Å². The van der Waals surface area contributed by atoms with Crippen LogP contribution >= 0.6 is 0 Å². The Morgan fingerprint density at radius 2 is 1.92 bits per heavy atom. The molecule has 3 heterocycles. The fourth-order valence-corrected chi connectivity index (χ4v) is 5.00. The van der Waals surface area contributed by atoms with Crippen LogP contribution in [0.2, 0.25) is 0 Å². The minimum atomic E-state index is -0.991. The Morgan fingerprint density at radius 3 is 2.72 bits per heavy atom. The van der Waals surface area contributed by atoms with Crippen LogP contribution < -0.4 is 16.2 Å². The lowest BCUT2D eigenvalue weighted by molar-refractivity contribution is 0.0949. The zero-order valence-corrected chi connectivity index (χ0v) is 21.7. The highest BCUT2D eigenvalue weighted by atomic mass is 19.2. The number of nitrogens with zero attached hydrogens (tertiary/aromatic N) is 4. The van der Waals surface area contributed by atoms with Crippen LogP contribution in [0.15, 0.2) is 65.8 Å². The van der Waals surface area contributed by atoms with Gasteiger partial charge >= 0.3 is 0 Å². The third kappa shape index (κ3) is 6.12. The summed E-state index contributed by atoms with van der Waals surface area (Å²) < 4.78 is 28.1. The monoisotopic (exact) mass is 532 g/mol. The zero-order chi connectivity index (χ0) is 27.4. The lowest BCUT2D eigenvalue weighted by Crippen LogP contribution is -2.32. The molecule has 1 aliphatic heterocycles. The summed E-state index contributed by atoms with van der Waals surface area (Å²) in [5.74, 6) is -1.73. The van der Waals surface area contributed by atoms with E-state index in [9.17, 15) is 18.4 Å². The van der Waals surface area contributed by atoms with Crippen LogP contribution in [0, 0.1) is 11.6 Å². The molecule has 0 spiro atoms. The predicted octanol–water partition coefficient (Wildman–Crippen LogP) is 3.94. The summed E-state index contributed by atoms with van der Waals surface area (Å²) in [7, 11) is 2.16. The molecule has 10 heteroatoms. The van der Waals surface area contributed by atoms with Crippen molar-refractivity contribution in [2.45, 2.75) is 38.4 Å². The number of fused-ring (bicyclic) bond motifs is 1. The van der Waals surface area contributed by atoms with E-state index in [1.165, 1.54) is 42.1 Å². The Morgan fingerprint density at radius 1 is 1.08 bits per heavy atom. The van der Waals surface area contributed by atoms with Crippen molar-refractivity contribution in [2.24, 2.45) is 0 Å². The fourth-order valence-electron chi connectivity index (χ4n) is 5.00. The second-order valence-corrected chi connectivity index (χ2v) is 9.85. The van der Waals surface area contributed by atoms with Crippen molar-refractivity contribution in [1.29, 1.82) is 0 Å². The van der Waals surface area contributed by atoms with E-state index in [4.69, 9.17) is 0 Å². The van der Waals surface area contributed by atoms with Crippen LogP contribution in [0.4, 0.5) is 14.6 Å². The number of pyridine rings is 1. The predicted molar refractivity (Wildman–Crippen MR) is 146 cm³/mol. The molecule has 5 rings (SSSR count). The molecule has 202 valence electrons. The van der Waals surface area contributed by atoms with Gasteiger partial charge in [0.2, 0.25) is 0 Å². The first-order chi connectivity index (χ1) is 18.9. The number of hydrogen-bond donors (Lipinski definition) is 2. The third-order valence-electron chi connectivity index (χ3n) is 7.20. The van der Waals surface area contributed by atoms with Gasteiger partial charge < -0.3 is 20.1 Å². The summed E-state index contributed by atoms with van der Waals surface area (Å²) in [5, 5.41) is 7.10. The number of anilines is 1. The molecule has 1 fully saturated rings. The molecule has 1 unspecified atom stereocenters. The molecular formula is C29H30F2N6O2. The van der Waals surface area contributed by atoms with E-state index in [1.807, 2.05) is 18.2 Å². The maximum Gasteiger partial charge on any atom is 0.263 e. The van der Waals surface area contributed by atoms with E-state index in [1.54, 1.807) is 6.07 Å². The molecule has 8 nitrogen and oxygen atoms in total. The van der Waals surface area contributed by atoms with Gasteiger partial charge in [-0.2, -0.15) is 0 Å². The van der Waals surface area contributed by atoms with Crippen LogP contribution in [0.3, 0.4) is 0 Å². The lowest BCUT2D eigenvalue weighted by Gasteiger charge is -2.19. The van der Waals surface area contributed by atoms with E-state index in [2.05, 4.69) is 32.5 Å². The van der Waals surface area contributed by atoms with Gasteiger partial charge in [0.15, 0.2) is 11.6 Å². The van der Waals surface area contributed by atoms with Crippen molar-refractivity contribution in [3.05, 3.63) is 99.7 Å². The molecule has 0 radical (unpaired) electrons. The van der Waals surface area contributed by atoms with E-state index in [0.29, 0.717) is 11.6 Å². The minimum Gasteiger partial charge on any atom is -0.369 e. The number of aromatic nitrogens is 3. The maximum atomic E-state index is 13.6. The molecule has 0 saturated carbocycles. The molecule has 2 aromatic carbocycles. The average Bonchev–Trinajstić information content (AvgIpc) is 3.35. The molecule has 1 aliphatic rings. The third-order valence-corrected chi connectivity index (χ3v) is 7.20. The Kier molecular flexibility index (Phi) is 7.92. The fraction of sp³-hybridized carbons (Fsp3) is 0.310. The highest BCUT2D eigenvalue weighted by molar-refractivity contribution is 5.94. The van der Waals surface area contributed by atoms with Gasteiger partial charge in [0.1, 0.15) is 17.7 Å². The topological polar surface area (TPSA) is 92.2 Å². The van der Waals surface area contributed by atoms with Gasteiger partial charge in [0.05, 0.1) is 12.1 Å². The van der Waals surface area contributed by atoms with E-state index < -0.39 is 23.1 Å². The molecule has 1 saturated heterocycles. The Hall–Kier alpha value is -4.18. The normalized spacial score (nSPS) is 15.5. The maximum absolute atomic E-state index is 13.6. The number of benzene rings is 2. The number of hydrogen-bond acceptors (Lipinski definition) is 6. The van der Waals surface area contributed by atoms with E-state index in [-0.39, 0.29) is 18.7 Å². The zero-order valence-electron chi connectivity index (χ0n) is 21.7. The number of likely N-dealkylation sites (tertiary alicyclic amines) is 1. The molecule has 2 N–H and O–H groups in total. The van der Waals surface area contributed by atoms with Crippen LogP contribution in [0.5, 0.6) is 0 Å². The van der Waals surface area contributed by atoms with Gasteiger partial charge in [-0.25, -0.2) is 18.7 Å². The van der Waals surface area contributed by atoms with Gasteiger partial charge in [0.25, 0.3) is 11.5 Å². The summed E-state index contributed by atoms with van der Waals surface area (Å²) in [6.45, 7) is 2.15. The smallest absolute Gasteiger partial charge is 0.263 e. The summed E-state index contributed by atoms with van der Waals surface area (Å²) in [6, 6.07) is 12.7. The van der Waals surface area contributed by atoms with Crippen molar-refractivity contribution in [1.82, 2.24) is 24.8 Å². The molecule has 0 aliphatic carbocycles. The van der Waals surface area contributed by atoms with Crippen molar-refractivity contribution in [2.75, 3.05) is 25.5 Å². The van der Waals surface area contributed by atoms with E-state index in [0.717, 1.165) is 53.9 Å². The quantitative estimate of drug-likeness (QED) is 0.339. The number of halogens is 2. The number of nitrogens with one attached hydrogen (secondary N) is 2. The largest absolute Gasteiger partial charge is 0.369 e. The van der Waals surface area contributed by atoms with Crippen LogP contribution in [-0.4, -0.2) is 51.5 Å². The molecule has 4 aromatic rings. The van der Waals surface area contributed by atoms with Crippen molar-refractivity contribution in [3.63, 3.8) is 0 Å². The number of carbonyl (C=O) groups is 1. The lowest BCUT2D eigenvalue weighted by atomic mass is 10.1. The van der Waals surface area contributed by atoms with Crippen LogP contribution in [0.1, 0.15) is 40.7 Å². The molecule has 1 atom stereocenters. The number of carbonyl (C=O) groups excluding carboxylic acids is 1. The second-order valence-electron chi connectivity index (χ2n) is 9.85. The van der Waals surface area contributed by atoms with Crippen LogP contribution in [-0.2, 0) is 13.1 Å². The Bertz CT molecular complexity index is 1560. The first-order valence-electron chi connectivity index (χ1n) is 13.0. The molecule has 2 aromatic heterocycles. The summed E-state index contributed by atoms with van der Waals surface area (Å²) >= 11 is 0. The number of amides is 1. The van der Waals surface area contributed by atoms with Crippen molar-refractivity contribution in [3.8, 4) is 0 Å². The van der Waals surface area contributed by atoms with Crippen LogP contribution in [0.25, 0.3) is 10.9 Å². The SMILES string of the molecule is CN1CCCC1CCNc1ncnc2ccc(CNC(=O)c3cccn(Cc4ccc(F)c(F)c4)c3=O)cc12. The standard InChI is InChI=1S/C29H30F2N6O2/c1-36-12-2-4-21(36)10-11-32-27-23-14-19(7-9-26(23)34-18-35-27)16-33-28(38)22-5-3-13-37(29(22)39)17-20-6-8-24(30)25(31)15-20/h3,5-9,13-15,18,21H,2,4,10-12,16-17H2,1H3,(H,33,38)(H,32,34,35). The van der Waals surface area contributed by atoms with Gasteiger partial charge in [-0.15, -0.1) is 0 Å². The molecular weight excluding hydrogens is 502 g/mol. The second kappa shape index (κ2) is 11.7. The van der Waals surface area contributed by atoms with Gasteiger partial charge in [0, 0.05) is 30.7 Å².